The van der Waals surface area contributed by atoms with Crippen LogP contribution in [0.2, 0.25) is 0 Å². The zero-order chi connectivity index (χ0) is 32.8. The normalized spacial score (nSPS) is 11.5. The number of amides is 2. The van der Waals surface area contributed by atoms with E-state index in [1.165, 1.54) is 12.1 Å². The summed E-state index contributed by atoms with van der Waals surface area (Å²) in [5, 5.41) is 30.8. The molecule has 0 spiro atoms. The summed E-state index contributed by atoms with van der Waals surface area (Å²) in [6.07, 6.45) is 10.6. The molecule has 0 radical (unpaired) electrons. The number of carbonyl (C=O) groups is 4. The van der Waals surface area contributed by atoms with Crippen LogP contribution in [0.15, 0.2) is 48.5 Å². The number of unbranched alkanes of at least 4 members (excludes halogenated alkanes) is 8. The molecular formula is C38H42N2O6. The van der Waals surface area contributed by atoms with Crippen LogP contribution in [0.1, 0.15) is 119 Å². The Kier molecular flexibility index (Phi) is 10.4. The molecule has 2 amide bonds. The average Bonchev–Trinajstić information content (AvgIpc) is 3.05. The highest BCUT2D eigenvalue weighted by atomic mass is 16.4. The largest absolute Gasteiger partial charge is 0.478 e. The van der Waals surface area contributed by atoms with Gasteiger partial charge in [-0.1, -0.05) is 89.5 Å². The number of hydrogen-bond acceptors (Lipinski definition) is 4. The molecule has 0 aromatic heterocycles. The molecule has 0 aliphatic rings. The molecule has 0 heterocycles. The molecule has 46 heavy (non-hydrogen) atoms. The highest BCUT2D eigenvalue weighted by Gasteiger charge is 2.25. The summed E-state index contributed by atoms with van der Waals surface area (Å²) in [6.45, 7) is 5.38. The van der Waals surface area contributed by atoms with Crippen LogP contribution >= 0.6 is 0 Å². The fourth-order valence-corrected chi connectivity index (χ4v) is 6.68. The van der Waals surface area contributed by atoms with Gasteiger partial charge in [0.05, 0.1) is 11.1 Å². The maximum atomic E-state index is 13.7. The van der Waals surface area contributed by atoms with Crippen molar-refractivity contribution < 1.29 is 29.4 Å². The van der Waals surface area contributed by atoms with E-state index in [-0.39, 0.29) is 28.3 Å². The zero-order valence-electron chi connectivity index (χ0n) is 26.6. The van der Waals surface area contributed by atoms with Gasteiger partial charge in [-0.3, -0.25) is 9.59 Å². The second kappa shape index (κ2) is 14.6. The fourth-order valence-electron chi connectivity index (χ4n) is 6.68. The molecule has 0 unspecified atom stereocenters. The van der Waals surface area contributed by atoms with Crippen LogP contribution < -0.4 is 10.6 Å². The standard InChI is InChI=1S/C38H42N2O6/c1-3-5-7-9-11-21-39-35(41)27-17-13-23-25-15-19-29(37(43)44)34-30(38(45)46)20-16-26(32(25)34)24-14-18-28(33(27)31(23)24)36(42)40-22-12-10-8-6-4-2/h13-20H,3-12,21-22H2,1-2H3,(H,39,41)(H,40,42)(H,43,44)(H,45,46). The van der Waals surface area contributed by atoms with Crippen molar-refractivity contribution >= 4 is 66.8 Å². The number of carbonyl (C=O) groups excluding carboxylic acids is 2. The van der Waals surface area contributed by atoms with Crippen LogP contribution in [0, 0.1) is 0 Å². The molecule has 0 aliphatic carbocycles. The van der Waals surface area contributed by atoms with Crippen LogP contribution in [0.4, 0.5) is 0 Å². The van der Waals surface area contributed by atoms with Crippen LogP contribution in [0.3, 0.4) is 0 Å². The maximum Gasteiger partial charge on any atom is 0.336 e. The Morgan fingerprint density at radius 2 is 0.783 bits per heavy atom. The van der Waals surface area contributed by atoms with Gasteiger partial charge >= 0.3 is 11.9 Å². The van der Waals surface area contributed by atoms with Crippen molar-refractivity contribution in [2.45, 2.75) is 78.1 Å². The van der Waals surface area contributed by atoms with Gasteiger partial charge in [0.2, 0.25) is 0 Å². The lowest BCUT2D eigenvalue weighted by Gasteiger charge is -2.20. The summed E-state index contributed by atoms with van der Waals surface area (Å²) in [5.74, 6) is -2.95. The van der Waals surface area contributed by atoms with Gasteiger partial charge in [-0.25, -0.2) is 9.59 Å². The minimum Gasteiger partial charge on any atom is -0.478 e. The highest BCUT2D eigenvalue weighted by molar-refractivity contribution is 6.38. The summed E-state index contributed by atoms with van der Waals surface area (Å²) in [5.41, 5.74) is 0.600. The van der Waals surface area contributed by atoms with Gasteiger partial charge in [0, 0.05) is 35.0 Å². The van der Waals surface area contributed by atoms with Gasteiger partial charge in [-0.15, -0.1) is 0 Å². The van der Waals surface area contributed by atoms with Crippen molar-refractivity contribution in [2.75, 3.05) is 13.1 Å². The first kappa shape index (κ1) is 32.7. The molecule has 4 N–H and O–H groups in total. The molecule has 8 nitrogen and oxygen atoms in total. The van der Waals surface area contributed by atoms with Gasteiger partial charge < -0.3 is 20.8 Å². The second-order valence-electron chi connectivity index (χ2n) is 12.1. The number of carboxylic acid groups (broad SMARTS) is 2. The van der Waals surface area contributed by atoms with Crippen LogP contribution in [0.25, 0.3) is 43.1 Å². The molecule has 8 heteroatoms. The first-order valence-corrected chi connectivity index (χ1v) is 16.5. The van der Waals surface area contributed by atoms with Crippen LogP contribution in [0.5, 0.6) is 0 Å². The van der Waals surface area contributed by atoms with Crippen LogP contribution in [-0.2, 0) is 0 Å². The van der Waals surface area contributed by atoms with Gasteiger partial charge in [-0.2, -0.15) is 0 Å². The lowest BCUT2D eigenvalue weighted by atomic mass is 9.84. The van der Waals surface area contributed by atoms with E-state index in [0.717, 1.165) is 64.2 Å². The second-order valence-corrected chi connectivity index (χ2v) is 12.1. The Morgan fingerprint density at radius 1 is 0.457 bits per heavy atom. The van der Waals surface area contributed by atoms with Gasteiger partial charge in [0.15, 0.2) is 0 Å². The Bertz CT molecular complexity index is 1800. The number of carboxylic acids is 2. The smallest absolute Gasteiger partial charge is 0.336 e. The minimum atomic E-state index is -1.22. The molecule has 0 saturated heterocycles. The summed E-state index contributed by atoms with van der Waals surface area (Å²) in [6, 6.07) is 13.3. The Balaban J connectivity index is 1.68. The van der Waals surface area contributed by atoms with Crippen molar-refractivity contribution in [3.05, 3.63) is 70.8 Å². The molecule has 0 atom stereocenters. The Morgan fingerprint density at radius 3 is 1.13 bits per heavy atom. The molecule has 0 bridgehead atoms. The predicted octanol–water partition coefficient (Wildman–Crippen LogP) is 8.53. The molecule has 5 rings (SSSR count). The SMILES string of the molecule is CCCCCCCNC(=O)c1ccc2c3ccc(C(=O)O)c4c(C(=O)O)ccc(c5ccc(C(=O)NCCCCCCC)c1c25)c43. The number of aromatic carboxylic acids is 2. The van der Waals surface area contributed by atoms with E-state index in [1.54, 1.807) is 24.3 Å². The van der Waals surface area contributed by atoms with E-state index >= 15 is 0 Å². The molecule has 0 fully saturated rings. The zero-order valence-corrected chi connectivity index (χ0v) is 26.6. The number of rotatable bonds is 16. The first-order valence-electron chi connectivity index (χ1n) is 16.5. The van der Waals surface area contributed by atoms with Crippen molar-refractivity contribution in [1.82, 2.24) is 10.6 Å². The van der Waals surface area contributed by atoms with Crippen molar-refractivity contribution in [3.8, 4) is 0 Å². The third-order valence-corrected chi connectivity index (χ3v) is 8.98. The predicted molar refractivity (Wildman–Crippen MR) is 184 cm³/mol. The van der Waals surface area contributed by atoms with Crippen molar-refractivity contribution in [3.63, 3.8) is 0 Å². The molecule has 5 aromatic carbocycles. The topological polar surface area (TPSA) is 133 Å². The van der Waals surface area contributed by atoms with Crippen molar-refractivity contribution in [1.29, 1.82) is 0 Å². The fraction of sp³-hybridized carbons (Fsp3) is 0.368. The van der Waals surface area contributed by atoms with E-state index < -0.39 is 11.9 Å². The van der Waals surface area contributed by atoms with Crippen LogP contribution in [-0.4, -0.2) is 47.1 Å². The quantitative estimate of drug-likeness (QED) is 0.0495. The average molecular weight is 623 g/mol. The third-order valence-electron chi connectivity index (χ3n) is 8.98. The van der Waals surface area contributed by atoms with Gasteiger partial charge in [0.1, 0.15) is 0 Å². The number of nitrogens with one attached hydrogen (secondary N) is 2. The summed E-state index contributed by atoms with van der Waals surface area (Å²) in [7, 11) is 0. The number of hydrogen-bond donors (Lipinski definition) is 4. The number of benzene rings is 5. The molecule has 0 aliphatic heterocycles. The molecule has 5 aromatic rings. The molecular weight excluding hydrogens is 580 g/mol. The maximum absolute atomic E-state index is 13.7. The van der Waals surface area contributed by atoms with E-state index in [1.807, 2.05) is 12.1 Å². The first-order chi connectivity index (χ1) is 22.3. The summed E-state index contributed by atoms with van der Waals surface area (Å²) < 4.78 is 0. The number of fused-ring (bicyclic) bond motifs is 2. The summed E-state index contributed by atoms with van der Waals surface area (Å²) in [4.78, 5) is 51.9. The summed E-state index contributed by atoms with van der Waals surface area (Å²) >= 11 is 0. The van der Waals surface area contributed by atoms with Gasteiger partial charge in [0.25, 0.3) is 11.8 Å². The lowest BCUT2D eigenvalue weighted by molar-refractivity contribution is 0.0695. The minimum absolute atomic E-state index is 0.0948. The molecule has 0 saturated carbocycles. The van der Waals surface area contributed by atoms with E-state index in [9.17, 15) is 29.4 Å². The van der Waals surface area contributed by atoms with E-state index in [0.29, 0.717) is 61.9 Å². The monoisotopic (exact) mass is 622 g/mol. The van der Waals surface area contributed by atoms with Gasteiger partial charge in [-0.05, 0) is 69.4 Å². The van der Waals surface area contributed by atoms with E-state index in [2.05, 4.69) is 24.5 Å². The Labute approximate surface area is 268 Å². The van der Waals surface area contributed by atoms with E-state index in [4.69, 9.17) is 0 Å². The Hall–Kier alpha value is -4.72. The highest BCUT2D eigenvalue weighted by Crippen LogP contribution is 2.44. The molecule has 240 valence electrons. The third kappa shape index (κ3) is 6.34. The lowest BCUT2D eigenvalue weighted by Crippen LogP contribution is -2.27. The van der Waals surface area contributed by atoms with Crippen molar-refractivity contribution in [2.24, 2.45) is 0 Å².